The quantitative estimate of drug-likeness (QED) is 0.655. The van der Waals surface area contributed by atoms with Crippen molar-refractivity contribution in [1.29, 1.82) is 0 Å². The van der Waals surface area contributed by atoms with E-state index in [1.807, 2.05) is 18.2 Å². The second-order valence-corrected chi connectivity index (χ2v) is 4.17. The fraction of sp³-hybridized carbons (Fsp3) is 0. The number of carboxylic acid groups (broad SMARTS) is 1. The van der Waals surface area contributed by atoms with Crippen LogP contribution in [0.25, 0.3) is 22.0 Å². The number of aromatic carboxylic acids is 1. The van der Waals surface area contributed by atoms with Crippen LogP contribution in [0.3, 0.4) is 0 Å². The number of carboxylic acids is 1. The minimum Gasteiger partial charge on any atom is -0.477 e. The van der Waals surface area contributed by atoms with Crippen LogP contribution in [0.1, 0.15) is 10.5 Å². The van der Waals surface area contributed by atoms with Gasteiger partial charge in [-0.3, -0.25) is 4.79 Å². The summed E-state index contributed by atoms with van der Waals surface area (Å²) in [6.45, 7) is 0. The zero-order valence-corrected chi connectivity index (χ0v) is 9.81. The minimum absolute atomic E-state index is 0.0896. The zero-order chi connectivity index (χ0) is 13.4. The van der Waals surface area contributed by atoms with Crippen LogP contribution in [0.2, 0.25) is 0 Å². The summed E-state index contributed by atoms with van der Waals surface area (Å²) in [5.74, 6) is -1.05. The second kappa shape index (κ2) is 4.13. The highest BCUT2D eigenvalue weighted by Gasteiger charge is 2.18. The van der Waals surface area contributed by atoms with Crippen molar-refractivity contribution in [1.82, 2.24) is 9.97 Å². The summed E-state index contributed by atoms with van der Waals surface area (Å²) in [5, 5.41) is 10.1. The van der Waals surface area contributed by atoms with Gasteiger partial charge < -0.3 is 15.1 Å². The Hall–Kier alpha value is -2.82. The van der Waals surface area contributed by atoms with Crippen LogP contribution in [-0.4, -0.2) is 21.0 Å². The molecule has 2 aromatic heterocycles. The number of fused-ring (bicyclic) bond motifs is 1. The third kappa shape index (κ3) is 1.81. The highest BCUT2D eigenvalue weighted by Crippen LogP contribution is 2.31. The highest BCUT2D eigenvalue weighted by atomic mass is 16.4. The smallest absolute Gasteiger partial charge is 0.352 e. The van der Waals surface area contributed by atoms with Crippen LogP contribution >= 0.6 is 0 Å². The molecule has 94 valence electrons. The Morgan fingerprint density at radius 2 is 1.95 bits per heavy atom. The first-order chi connectivity index (χ1) is 9.16. The van der Waals surface area contributed by atoms with E-state index in [2.05, 4.69) is 9.97 Å². The van der Waals surface area contributed by atoms with Crippen LogP contribution in [0.4, 0.5) is 0 Å². The Bertz CT molecular complexity index is 830. The molecule has 19 heavy (non-hydrogen) atoms. The number of carbonyl (C=O) groups is 1. The summed E-state index contributed by atoms with van der Waals surface area (Å²) in [6, 6.07) is 10.4. The average Bonchev–Trinajstić information content (AvgIpc) is 2.78. The Morgan fingerprint density at radius 1 is 1.16 bits per heavy atom. The molecular formula is C14H10N2O3. The molecule has 0 fully saturated rings. The van der Waals surface area contributed by atoms with E-state index >= 15 is 0 Å². The van der Waals surface area contributed by atoms with Gasteiger partial charge in [-0.15, -0.1) is 0 Å². The number of aromatic nitrogens is 2. The molecule has 0 atom stereocenters. The van der Waals surface area contributed by atoms with Crippen molar-refractivity contribution in [2.24, 2.45) is 0 Å². The first-order valence-corrected chi connectivity index (χ1v) is 5.70. The number of benzene rings is 1. The highest BCUT2D eigenvalue weighted by molar-refractivity contribution is 6.07. The normalized spacial score (nSPS) is 10.7. The van der Waals surface area contributed by atoms with E-state index in [0.29, 0.717) is 11.1 Å². The lowest BCUT2D eigenvalue weighted by Crippen LogP contribution is -2.04. The molecule has 5 nitrogen and oxygen atoms in total. The summed E-state index contributed by atoms with van der Waals surface area (Å²) in [4.78, 5) is 28.1. The number of hydrogen-bond acceptors (Lipinski definition) is 2. The fourth-order valence-electron chi connectivity index (χ4n) is 2.20. The van der Waals surface area contributed by atoms with Gasteiger partial charge in [0.2, 0.25) is 5.56 Å². The van der Waals surface area contributed by atoms with E-state index in [-0.39, 0.29) is 11.3 Å². The van der Waals surface area contributed by atoms with E-state index in [1.54, 1.807) is 12.1 Å². The standard InChI is InChI=1S/C14H10N2O3/c17-11-7-8(5-6-15-11)12-9-3-1-2-4-10(9)16-13(12)14(18)19/h1-7,16H,(H,15,17)(H,18,19). The predicted molar refractivity (Wildman–Crippen MR) is 71.3 cm³/mol. The summed E-state index contributed by atoms with van der Waals surface area (Å²) < 4.78 is 0. The summed E-state index contributed by atoms with van der Waals surface area (Å²) >= 11 is 0. The van der Waals surface area contributed by atoms with Crippen molar-refractivity contribution in [2.45, 2.75) is 0 Å². The maximum atomic E-state index is 11.4. The molecule has 3 rings (SSSR count). The fourth-order valence-corrected chi connectivity index (χ4v) is 2.20. The maximum absolute atomic E-state index is 11.4. The molecular weight excluding hydrogens is 244 g/mol. The van der Waals surface area contributed by atoms with Crippen molar-refractivity contribution in [3.05, 3.63) is 58.6 Å². The summed E-state index contributed by atoms with van der Waals surface area (Å²) in [7, 11) is 0. The van der Waals surface area contributed by atoms with Crippen LogP contribution in [0, 0.1) is 0 Å². The molecule has 0 aliphatic carbocycles. The first-order valence-electron chi connectivity index (χ1n) is 5.70. The van der Waals surface area contributed by atoms with E-state index in [9.17, 15) is 14.7 Å². The van der Waals surface area contributed by atoms with Crippen LogP contribution in [0.5, 0.6) is 0 Å². The van der Waals surface area contributed by atoms with Gasteiger partial charge in [-0.1, -0.05) is 18.2 Å². The molecule has 0 aliphatic rings. The maximum Gasteiger partial charge on any atom is 0.352 e. The van der Waals surface area contributed by atoms with Gasteiger partial charge >= 0.3 is 5.97 Å². The molecule has 0 aliphatic heterocycles. The third-order valence-corrected chi connectivity index (χ3v) is 2.98. The Labute approximate surface area is 107 Å². The van der Waals surface area contributed by atoms with Gasteiger partial charge in [0.25, 0.3) is 0 Å². The van der Waals surface area contributed by atoms with E-state index < -0.39 is 5.97 Å². The number of para-hydroxylation sites is 1. The molecule has 0 amide bonds. The zero-order valence-electron chi connectivity index (χ0n) is 9.81. The Morgan fingerprint density at radius 3 is 2.68 bits per heavy atom. The number of nitrogens with one attached hydrogen (secondary N) is 2. The number of rotatable bonds is 2. The molecule has 1 aromatic carbocycles. The Balaban J connectivity index is 2.41. The number of H-pyrrole nitrogens is 2. The average molecular weight is 254 g/mol. The predicted octanol–water partition coefficient (Wildman–Crippen LogP) is 2.22. The van der Waals surface area contributed by atoms with E-state index in [4.69, 9.17) is 0 Å². The van der Waals surface area contributed by atoms with Crippen LogP contribution in [-0.2, 0) is 0 Å². The first kappa shape index (κ1) is 11.3. The molecule has 0 spiro atoms. The molecule has 3 aromatic rings. The Kier molecular flexibility index (Phi) is 2.45. The molecule has 0 saturated carbocycles. The molecule has 3 N–H and O–H groups in total. The molecule has 5 heteroatoms. The topological polar surface area (TPSA) is 85.9 Å². The lowest BCUT2D eigenvalue weighted by molar-refractivity contribution is 0.0692. The molecule has 0 bridgehead atoms. The molecule has 2 heterocycles. The van der Waals surface area contributed by atoms with Crippen molar-refractivity contribution in [3.8, 4) is 11.1 Å². The number of aromatic amines is 2. The van der Waals surface area contributed by atoms with E-state index in [0.717, 1.165) is 10.9 Å². The lowest BCUT2D eigenvalue weighted by atomic mass is 10.0. The van der Waals surface area contributed by atoms with Crippen LogP contribution in [0.15, 0.2) is 47.4 Å². The monoisotopic (exact) mass is 254 g/mol. The van der Waals surface area contributed by atoms with Gasteiger partial charge in [-0.05, 0) is 17.7 Å². The largest absolute Gasteiger partial charge is 0.477 e. The number of hydrogen-bond donors (Lipinski definition) is 3. The van der Waals surface area contributed by atoms with Gasteiger partial charge in [-0.25, -0.2) is 4.79 Å². The summed E-state index contributed by atoms with van der Waals surface area (Å²) in [5.41, 5.74) is 1.67. The molecule has 0 saturated heterocycles. The van der Waals surface area contributed by atoms with Crippen molar-refractivity contribution in [3.63, 3.8) is 0 Å². The van der Waals surface area contributed by atoms with Crippen molar-refractivity contribution >= 4 is 16.9 Å². The second-order valence-electron chi connectivity index (χ2n) is 4.17. The van der Waals surface area contributed by atoms with Crippen LogP contribution < -0.4 is 5.56 Å². The van der Waals surface area contributed by atoms with Gasteiger partial charge in [0, 0.05) is 28.7 Å². The van der Waals surface area contributed by atoms with Gasteiger partial charge in [-0.2, -0.15) is 0 Å². The minimum atomic E-state index is -1.05. The SMILES string of the molecule is O=C(O)c1[nH]c2ccccc2c1-c1cc[nH]c(=O)c1. The summed E-state index contributed by atoms with van der Waals surface area (Å²) in [6.07, 6.45) is 1.51. The van der Waals surface area contributed by atoms with Crippen molar-refractivity contribution < 1.29 is 9.90 Å². The van der Waals surface area contributed by atoms with Gasteiger partial charge in [0.05, 0.1) is 0 Å². The van der Waals surface area contributed by atoms with Gasteiger partial charge in [0.15, 0.2) is 0 Å². The lowest BCUT2D eigenvalue weighted by Gasteiger charge is -2.01. The van der Waals surface area contributed by atoms with E-state index in [1.165, 1.54) is 12.3 Å². The van der Waals surface area contributed by atoms with Crippen molar-refractivity contribution in [2.75, 3.05) is 0 Å². The third-order valence-electron chi connectivity index (χ3n) is 2.98. The van der Waals surface area contributed by atoms with Gasteiger partial charge in [0.1, 0.15) is 5.69 Å². The molecule has 0 radical (unpaired) electrons. The number of pyridine rings is 1. The molecule has 0 unspecified atom stereocenters.